The third kappa shape index (κ3) is 7.19. The largest absolute Gasteiger partial charge is 0.303 e. The van der Waals surface area contributed by atoms with Crippen LogP contribution < -0.4 is 0 Å². The fourth-order valence-electron chi connectivity index (χ4n) is 0.753. The van der Waals surface area contributed by atoms with Crippen molar-refractivity contribution >= 4 is 6.29 Å². The lowest BCUT2D eigenvalue weighted by atomic mass is 10.1. The van der Waals surface area contributed by atoms with Crippen molar-refractivity contribution in [3.63, 3.8) is 0 Å². The highest BCUT2D eigenvalue weighted by Gasteiger charge is 1.85. The third-order valence-electron chi connectivity index (χ3n) is 1.31. The van der Waals surface area contributed by atoms with E-state index in [1.165, 1.54) is 0 Å². The number of hydrogen-bond acceptors (Lipinski definition) is 1. The number of carbonyl (C=O) groups is 1. The molecule has 0 saturated heterocycles. The average molecular weight is 138 g/mol. The smallest absolute Gasteiger partial charge is 0.119 e. The minimum absolute atomic E-state index is 0.706. The fourth-order valence-corrected chi connectivity index (χ4v) is 0.753. The van der Waals surface area contributed by atoms with Crippen LogP contribution in [0, 0.1) is 0 Å². The summed E-state index contributed by atoms with van der Waals surface area (Å²) in [5.74, 6) is 0. The summed E-state index contributed by atoms with van der Waals surface area (Å²) in [7, 11) is 0. The summed E-state index contributed by atoms with van der Waals surface area (Å²) >= 11 is 0. The molecule has 0 amide bonds. The van der Waals surface area contributed by atoms with Crippen molar-refractivity contribution < 1.29 is 4.79 Å². The minimum atomic E-state index is 0.706. The Morgan fingerprint density at radius 3 is 2.50 bits per heavy atom. The van der Waals surface area contributed by atoms with Gasteiger partial charge in [-0.15, -0.1) is 5.73 Å². The fraction of sp³-hybridized carbons (Fsp3) is 0.556. The normalized spacial score (nSPS) is 8.40. The van der Waals surface area contributed by atoms with E-state index in [-0.39, 0.29) is 0 Å². The predicted molar refractivity (Wildman–Crippen MR) is 42.9 cm³/mol. The van der Waals surface area contributed by atoms with Gasteiger partial charge in [-0.25, -0.2) is 0 Å². The lowest BCUT2D eigenvalue weighted by Gasteiger charge is -1.91. The minimum Gasteiger partial charge on any atom is -0.303 e. The van der Waals surface area contributed by atoms with Crippen LogP contribution in [0.25, 0.3) is 0 Å². The van der Waals surface area contributed by atoms with Crippen molar-refractivity contribution in [3.05, 3.63) is 18.4 Å². The van der Waals surface area contributed by atoms with Crippen LogP contribution in [0.1, 0.15) is 32.1 Å². The molecule has 0 aliphatic carbocycles. The van der Waals surface area contributed by atoms with Crippen molar-refractivity contribution in [3.8, 4) is 0 Å². The summed E-state index contributed by atoms with van der Waals surface area (Å²) in [5.41, 5.74) is 2.71. The lowest BCUT2D eigenvalue weighted by molar-refractivity contribution is -0.107. The summed E-state index contributed by atoms with van der Waals surface area (Å²) in [4.78, 5) is 9.86. The second-order valence-electron chi connectivity index (χ2n) is 2.21. The van der Waals surface area contributed by atoms with E-state index in [4.69, 9.17) is 0 Å². The van der Waals surface area contributed by atoms with Gasteiger partial charge in [0.05, 0.1) is 0 Å². The average Bonchev–Trinajstić information content (AvgIpc) is 1.97. The molecule has 1 heteroatoms. The van der Waals surface area contributed by atoms with Crippen LogP contribution in [0.15, 0.2) is 18.4 Å². The van der Waals surface area contributed by atoms with Crippen molar-refractivity contribution in [2.24, 2.45) is 0 Å². The van der Waals surface area contributed by atoms with Crippen molar-refractivity contribution in [1.82, 2.24) is 0 Å². The van der Waals surface area contributed by atoms with Crippen LogP contribution in [0.3, 0.4) is 0 Å². The zero-order valence-electron chi connectivity index (χ0n) is 6.31. The number of allylic oxidation sites excluding steroid dienone is 1. The maximum Gasteiger partial charge on any atom is 0.119 e. The first kappa shape index (κ1) is 9.19. The van der Waals surface area contributed by atoms with E-state index in [0.717, 1.165) is 32.0 Å². The van der Waals surface area contributed by atoms with E-state index >= 15 is 0 Å². The van der Waals surface area contributed by atoms with Crippen LogP contribution in [-0.2, 0) is 4.79 Å². The SMILES string of the molecule is C=C=CCCCCCC=O. The van der Waals surface area contributed by atoms with E-state index in [2.05, 4.69) is 12.3 Å². The van der Waals surface area contributed by atoms with Crippen LogP contribution in [0.4, 0.5) is 0 Å². The molecule has 0 aliphatic rings. The molecule has 0 aromatic rings. The Hall–Kier alpha value is -0.810. The maximum absolute atomic E-state index is 9.86. The molecule has 0 heterocycles. The molecular formula is C9H14O. The van der Waals surface area contributed by atoms with E-state index in [9.17, 15) is 4.79 Å². The molecule has 0 atom stereocenters. The molecule has 10 heavy (non-hydrogen) atoms. The van der Waals surface area contributed by atoms with Crippen LogP contribution >= 0.6 is 0 Å². The molecule has 0 aromatic heterocycles. The summed E-state index contributed by atoms with van der Waals surface area (Å²) < 4.78 is 0. The van der Waals surface area contributed by atoms with Crippen molar-refractivity contribution in [2.45, 2.75) is 32.1 Å². The Bertz CT molecular complexity index is 121. The van der Waals surface area contributed by atoms with Gasteiger partial charge >= 0.3 is 0 Å². The molecule has 1 nitrogen and oxygen atoms in total. The Kier molecular flexibility index (Phi) is 7.53. The zero-order chi connectivity index (χ0) is 7.66. The highest BCUT2D eigenvalue weighted by atomic mass is 16.1. The highest BCUT2D eigenvalue weighted by Crippen LogP contribution is 2.01. The molecule has 0 unspecified atom stereocenters. The van der Waals surface area contributed by atoms with Crippen LogP contribution in [-0.4, -0.2) is 6.29 Å². The monoisotopic (exact) mass is 138 g/mol. The van der Waals surface area contributed by atoms with E-state index in [1.54, 1.807) is 0 Å². The van der Waals surface area contributed by atoms with Gasteiger partial charge in [0.1, 0.15) is 6.29 Å². The van der Waals surface area contributed by atoms with Crippen molar-refractivity contribution in [2.75, 3.05) is 0 Å². The van der Waals surface area contributed by atoms with Crippen LogP contribution in [0.5, 0.6) is 0 Å². The van der Waals surface area contributed by atoms with E-state index in [1.807, 2.05) is 6.08 Å². The first-order valence-electron chi connectivity index (χ1n) is 3.69. The predicted octanol–water partition coefficient (Wildman–Crippen LogP) is 2.48. The summed E-state index contributed by atoms with van der Waals surface area (Å²) in [6.45, 7) is 3.46. The Labute approximate surface area is 62.4 Å². The van der Waals surface area contributed by atoms with Crippen molar-refractivity contribution in [1.29, 1.82) is 0 Å². The molecular weight excluding hydrogens is 124 g/mol. The second-order valence-corrected chi connectivity index (χ2v) is 2.21. The second kappa shape index (κ2) is 8.19. The molecule has 0 saturated carbocycles. The summed E-state index contributed by atoms with van der Waals surface area (Å²) in [6.07, 6.45) is 7.96. The molecule has 0 aliphatic heterocycles. The highest BCUT2D eigenvalue weighted by molar-refractivity contribution is 5.48. The van der Waals surface area contributed by atoms with Gasteiger partial charge in [0.2, 0.25) is 0 Å². The number of carbonyl (C=O) groups excluding carboxylic acids is 1. The number of hydrogen-bond donors (Lipinski definition) is 0. The molecule has 0 spiro atoms. The molecule has 0 fully saturated rings. The van der Waals surface area contributed by atoms with Gasteiger partial charge in [-0.3, -0.25) is 0 Å². The zero-order valence-corrected chi connectivity index (χ0v) is 6.31. The Morgan fingerprint density at radius 1 is 1.20 bits per heavy atom. The molecule has 0 rings (SSSR count). The van der Waals surface area contributed by atoms with Gasteiger partial charge in [0.25, 0.3) is 0 Å². The van der Waals surface area contributed by atoms with Crippen LogP contribution in [0.2, 0.25) is 0 Å². The summed E-state index contributed by atoms with van der Waals surface area (Å²) in [5, 5.41) is 0. The number of unbranched alkanes of at least 4 members (excludes halogenated alkanes) is 4. The molecule has 0 N–H and O–H groups in total. The molecule has 0 radical (unpaired) electrons. The number of aldehydes is 1. The van der Waals surface area contributed by atoms with E-state index in [0.29, 0.717) is 6.42 Å². The standard InChI is InChI=1S/C9H14O/c1-2-3-4-5-6-7-8-9-10/h3,9H,1,4-8H2. The molecule has 0 bridgehead atoms. The first-order valence-corrected chi connectivity index (χ1v) is 3.69. The Balaban J connectivity index is 2.90. The van der Waals surface area contributed by atoms with E-state index < -0.39 is 0 Å². The van der Waals surface area contributed by atoms with Gasteiger partial charge in [0.15, 0.2) is 0 Å². The lowest BCUT2D eigenvalue weighted by Crippen LogP contribution is -1.77. The van der Waals surface area contributed by atoms with Gasteiger partial charge in [-0.05, 0) is 25.3 Å². The van der Waals surface area contributed by atoms with Gasteiger partial charge in [-0.2, -0.15) is 0 Å². The Morgan fingerprint density at radius 2 is 1.90 bits per heavy atom. The molecule has 56 valence electrons. The summed E-state index contributed by atoms with van der Waals surface area (Å²) in [6, 6.07) is 0. The number of rotatable bonds is 6. The third-order valence-corrected chi connectivity index (χ3v) is 1.31. The van der Waals surface area contributed by atoms with Gasteiger partial charge in [-0.1, -0.05) is 13.0 Å². The topological polar surface area (TPSA) is 17.1 Å². The quantitative estimate of drug-likeness (QED) is 0.313. The first-order chi connectivity index (χ1) is 4.91. The maximum atomic E-state index is 9.86. The molecule has 0 aromatic carbocycles. The van der Waals surface area contributed by atoms with Gasteiger partial charge in [0, 0.05) is 6.42 Å². The van der Waals surface area contributed by atoms with Gasteiger partial charge < -0.3 is 4.79 Å².